The van der Waals surface area contributed by atoms with Crippen molar-refractivity contribution in [3.63, 3.8) is 0 Å². The van der Waals surface area contributed by atoms with E-state index in [4.69, 9.17) is 5.26 Å². The number of pyridine rings is 1. The van der Waals surface area contributed by atoms with Gasteiger partial charge in [-0.05, 0) is 29.3 Å². The fourth-order valence-electron chi connectivity index (χ4n) is 2.99. The number of hydrogen-bond acceptors (Lipinski definition) is 4. The molecule has 0 bridgehead atoms. The van der Waals surface area contributed by atoms with Crippen LogP contribution in [0.1, 0.15) is 39.9 Å². The summed E-state index contributed by atoms with van der Waals surface area (Å²) in [5.74, 6) is -0.356. The zero-order valence-corrected chi connectivity index (χ0v) is 14.3. The van der Waals surface area contributed by atoms with Gasteiger partial charge in [0.25, 0.3) is 5.56 Å². The van der Waals surface area contributed by atoms with E-state index in [-0.39, 0.29) is 41.9 Å². The minimum Gasteiger partial charge on any atom is -0.317 e. The minimum atomic E-state index is -4.57. The van der Waals surface area contributed by atoms with Crippen molar-refractivity contribution in [3.8, 4) is 17.2 Å². The van der Waals surface area contributed by atoms with Gasteiger partial charge in [-0.2, -0.15) is 18.4 Å². The summed E-state index contributed by atoms with van der Waals surface area (Å²) in [6.07, 6.45) is -1.82. The number of fused-ring (bicyclic) bond motifs is 1. The Hall–Kier alpha value is -3.21. The molecule has 1 aromatic heterocycles. The van der Waals surface area contributed by atoms with Crippen LogP contribution in [-0.4, -0.2) is 16.6 Å². The van der Waals surface area contributed by atoms with Crippen LogP contribution in [0.25, 0.3) is 11.1 Å². The molecule has 0 amide bonds. The van der Waals surface area contributed by atoms with E-state index in [2.05, 4.69) is 4.99 Å². The van der Waals surface area contributed by atoms with Crippen LogP contribution in [0.5, 0.6) is 0 Å². The van der Waals surface area contributed by atoms with Crippen molar-refractivity contribution in [1.82, 2.24) is 4.57 Å². The maximum atomic E-state index is 13.3. The van der Waals surface area contributed by atoms with Crippen molar-refractivity contribution >= 4 is 12.0 Å². The molecule has 2 aromatic rings. The van der Waals surface area contributed by atoms with Crippen molar-refractivity contribution in [2.24, 2.45) is 12.0 Å². The van der Waals surface area contributed by atoms with Crippen LogP contribution >= 0.6 is 0 Å². The topological polar surface area (TPSA) is 75.2 Å². The zero-order chi connectivity index (χ0) is 19.8. The average molecular weight is 373 g/mol. The number of benzene rings is 1. The van der Waals surface area contributed by atoms with Crippen LogP contribution < -0.4 is 5.56 Å². The van der Waals surface area contributed by atoms with Gasteiger partial charge >= 0.3 is 6.18 Å². The fourth-order valence-corrected chi connectivity index (χ4v) is 2.99. The summed E-state index contributed by atoms with van der Waals surface area (Å²) in [6, 6.07) is 5.10. The van der Waals surface area contributed by atoms with E-state index in [0.29, 0.717) is 11.1 Å². The Morgan fingerprint density at radius 2 is 2.04 bits per heavy atom. The van der Waals surface area contributed by atoms with Crippen LogP contribution in [0.15, 0.2) is 34.2 Å². The predicted octanol–water partition coefficient (Wildman–Crippen LogP) is 3.49. The van der Waals surface area contributed by atoms with Gasteiger partial charge in [0.05, 0.1) is 18.2 Å². The third kappa shape index (κ3) is 3.53. The first-order valence-corrected chi connectivity index (χ1v) is 8.07. The summed E-state index contributed by atoms with van der Waals surface area (Å²) >= 11 is 0. The second-order valence-electron chi connectivity index (χ2n) is 6.20. The molecule has 1 aromatic carbocycles. The maximum Gasteiger partial charge on any atom is 0.416 e. The Morgan fingerprint density at radius 1 is 1.30 bits per heavy atom. The Morgan fingerprint density at radius 3 is 2.70 bits per heavy atom. The number of rotatable bonds is 4. The molecule has 0 atom stereocenters. The highest BCUT2D eigenvalue weighted by Crippen LogP contribution is 2.36. The zero-order valence-electron chi connectivity index (χ0n) is 14.3. The Balaban J connectivity index is 2.22. The molecule has 0 spiro atoms. The average Bonchev–Trinajstić information content (AvgIpc) is 3.09. The second-order valence-corrected chi connectivity index (χ2v) is 6.20. The first-order valence-electron chi connectivity index (χ1n) is 8.07. The molecule has 2 heterocycles. The van der Waals surface area contributed by atoms with Crippen molar-refractivity contribution < 1.29 is 18.0 Å². The molecule has 3 rings (SSSR count). The van der Waals surface area contributed by atoms with Gasteiger partial charge in [-0.1, -0.05) is 0 Å². The summed E-state index contributed by atoms with van der Waals surface area (Å²) < 4.78 is 41.0. The predicted molar refractivity (Wildman–Crippen MR) is 92.6 cm³/mol. The van der Waals surface area contributed by atoms with E-state index < -0.39 is 17.3 Å². The molecule has 0 saturated heterocycles. The highest BCUT2D eigenvalue weighted by Gasteiger charge is 2.33. The van der Waals surface area contributed by atoms with E-state index in [1.807, 2.05) is 6.07 Å². The number of halogens is 3. The highest BCUT2D eigenvalue weighted by molar-refractivity contribution is 5.99. The first-order chi connectivity index (χ1) is 12.7. The van der Waals surface area contributed by atoms with Crippen LogP contribution in [0.2, 0.25) is 0 Å². The lowest BCUT2D eigenvalue weighted by molar-refractivity contribution is -0.137. The fraction of sp³-hybridized carbons (Fsp3) is 0.263. The van der Waals surface area contributed by atoms with Crippen LogP contribution in [0, 0.1) is 11.3 Å². The first kappa shape index (κ1) is 18.6. The lowest BCUT2D eigenvalue weighted by atomic mass is 9.93. The van der Waals surface area contributed by atoms with Gasteiger partial charge in [0, 0.05) is 49.0 Å². The van der Waals surface area contributed by atoms with Crippen molar-refractivity contribution in [2.45, 2.75) is 25.6 Å². The van der Waals surface area contributed by atoms with Gasteiger partial charge < -0.3 is 4.57 Å². The van der Waals surface area contributed by atoms with Gasteiger partial charge in [0.2, 0.25) is 0 Å². The molecule has 0 unspecified atom stereocenters. The molecule has 0 radical (unpaired) electrons. The molecule has 138 valence electrons. The number of alkyl halides is 3. The monoisotopic (exact) mass is 373 g/mol. The molecule has 27 heavy (non-hydrogen) atoms. The number of ketones is 1. The molecule has 0 aliphatic carbocycles. The maximum absolute atomic E-state index is 13.3. The smallest absolute Gasteiger partial charge is 0.317 e. The highest BCUT2D eigenvalue weighted by atomic mass is 19.4. The number of Topliss-reactive ketones (excluding diaryl/α,β-unsaturated/α-hetero) is 1. The molecule has 0 saturated carbocycles. The number of hydrogen-bond donors (Lipinski definition) is 0. The van der Waals surface area contributed by atoms with E-state index in [0.717, 1.165) is 16.7 Å². The molecular weight excluding hydrogens is 359 g/mol. The molecule has 1 aliphatic rings. The summed E-state index contributed by atoms with van der Waals surface area (Å²) in [6.45, 7) is 0.105. The van der Waals surface area contributed by atoms with Crippen LogP contribution in [0.4, 0.5) is 13.2 Å². The molecule has 1 aliphatic heterocycles. The number of aryl methyl sites for hydroxylation is 1. The van der Waals surface area contributed by atoms with Gasteiger partial charge in [0.15, 0.2) is 5.78 Å². The molecule has 8 heteroatoms. The van der Waals surface area contributed by atoms with E-state index in [9.17, 15) is 22.8 Å². The van der Waals surface area contributed by atoms with Gasteiger partial charge in [0.1, 0.15) is 0 Å². The lowest BCUT2D eigenvalue weighted by Gasteiger charge is -2.14. The Kier molecular flexibility index (Phi) is 4.70. The molecule has 0 fully saturated rings. The van der Waals surface area contributed by atoms with Gasteiger partial charge in [-0.15, -0.1) is 0 Å². The Bertz CT molecular complexity index is 1060. The molecule has 0 N–H and O–H groups in total. The number of carbonyl (C=O) groups is 1. The van der Waals surface area contributed by atoms with Crippen molar-refractivity contribution in [1.29, 1.82) is 5.26 Å². The third-order valence-electron chi connectivity index (χ3n) is 4.33. The SMILES string of the molecule is Cn1cc(C(=O)CCC#N)cc(-c2cc(C(F)(F)F)cc3c2C=NC3)c1=O. The van der Waals surface area contributed by atoms with Gasteiger partial charge in [-0.3, -0.25) is 14.6 Å². The summed E-state index contributed by atoms with van der Waals surface area (Å²) in [5.41, 5.74) is -0.306. The lowest BCUT2D eigenvalue weighted by Crippen LogP contribution is -2.21. The van der Waals surface area contributed by atoms with Gasteiger partial charge in [-0.25, -0.2) is 0 Å². The van der Waals surface area contributed by atoms with Crippen molar-refractivity contribution in [2.75, 3.05) is 0 Å². The standard InChI is InChI=1S/C19H14F3N3O2/c1-25-10-12(17(26)3-2-4-23)6-15(18(25)27)14-7-13(19(20,21)22)5-11-8-24-9-16(11)14/h5-7,9-10H,2-3,8H2,1H3. The molecular formula is C19H14F3N3O2. The number of nitriles is 1. The number of nitrogens with zero attached hydrogens (tertiary/aromatic N) is 3. The van der Waals surface area contributed by atoms with Crippen LogP contribution in [0.3, 0.4) is 0 Å². The van der Waals surface area contributed by atoms with Crippen molar-refractivity contribution in [3.05, 3.63) is 57.0 Å². The summed E-state index contributed by atoms with van der Waals surface area (Å²) in [4.78, 5) is 28.8. The summed E-state index contributed by atoms with van der Waals surface area (Å²) in [7, 11) is 1.43. The third-order valence-corrected chi connectivity index (χ3v) is 4.33. The number of carbonyl (C=O) groups excluding carboxylic acids is 1. The van der Waals surface area contributed by atoms with E-state index in [1.165, 1.54) is 25.5 Å². The van der Waals surface area contributed by atoms with E-state index >= 15 is 0 Å². The summed E-state index contributed by atoms with van der Waals surface area (Å²) in [5, 5.41) is 8.63. The van der Waals surface area contributed by atoms with E-state index in [1.54, 1.807) is 0 Å². The quantitative estimate of drug-likeness (QED) is 0.770. The molecule has 5 nitrogen and oxygen atoms in total. The number of aromatic nitrogens is 1. The Labute approximate surface area is 152 Å². The minimum absolute atomic E-state index is 0.00370. The largest absolute Gasteiger partial charge is 0.416 e. The normalized spacial score (nSPS) is 12.7. The second kappa shape index (κ2) is 6.83. The van der Waals surface area contributed by atoms with Crippen LogP contribution in [-0.2, 0) is 19.8 Å². The number of aliphatic imine (C=N–C) groups is 1.